The molecular formula is C24H25N3O4. The fraction of sp³-hybridized carbons (Fsp3) is 0.375. The Balaban J connectivity index is 1.48. The molecule has 2 aromatic carbocycles. The summed E-state index contributed by atoms with van der Waals surface area (Å²) in [6.07, 6.45) is 1.86. The zero-order chi connectivity index (χ0) is 21.5. The van der Waals surface area contributed by atoms with Crippen LogP contribution in [0.1, 0.15) is 47.4 Å². The Kier molecular flexibility index (Phi) is 4.88. The first kappa shape index (κ1) is 19.6. The van der Waals surface area contributed by atoms with E-state index in [1.54, 1.807) is 23.6 Å². The van der Waals surface area contributed by atoms with Crippen LogP contribution in [0.25, 0.3) is 11.0 Å². The van der Waals surface area contributed by atoms with E-state index in [0.29, 0.717) is 43.1 Å². The second-order valence-electron chi connectivity index (χ2n) is 8.01. The van der Waals surface area contributed by atoms with Crippen molar-refractivity contribution >= 4 is 16.9 Å². The zero-order valence-corrected chi connectivity index (χ0v) is 17.8. The first-order valence-corrected chi connectivity index (χ1v) is 10.8. The van der Waals surface area contributed by atoms with Crippen LogP contribution < -0.4 is 15.0 Å². The van der Waals surface area contributed by atoms with Gasteiger partial charge in [0.05, 0.1) is 17.1 Å². The Bertz CT molecular complexity index is 1230. The molecule has 1 amide bonds. The lowest BCUT2D eigenvalue weighted by Crippen LogP contribution is -2.31. The highest BCUT2D eigenvalue weighted by molar-refractivity contribution is 5.97. The predicted octanol–water partition coefficient (Wildman–Crippen LogP) is 3.47. The smallest absolute Gasteiger partial charge is 0.272 e. The molecule has 1 saturated heterocycles. The number of aromatic nitrogens is 2. The van der Waals surface area contributed by atoms with Gasteiger partial charge in [-0.05, 0) is 62.6 Å². The molecule has 1 fully saturated rings. The van der Waals surface area contributed by atoms with Crippen molar-refractivity contribution in [3.8, 4) is 11.5 Å². The van der Waals surface area contributed by atoms with Crippen molar-refractivity contribution in [2.75, 3.05) is 19.8 Å². The first-order valence-electron chi connectivity index (χ1n) is 10.8. The van der Waals surface area contributed by atoms with Gasteiger partial charge < -0.3 is 18.9 Å². The third kappa shape index (κ3) is 3.34. The average Bonchev–Trinajstić information content (AvgIpc) is 3.29. The Hall–Kier alpha value is -3.35. The van der Waals surface area contributed by atoms with E-state index in [1.807, 2.05) is 36.1 Å². The number of ether oxygens (including phenoxy) is 2. The van der Waals surface area contributed by atoms with Crippen LogP contribution in [-0.2, 0) is 6.54 Å². The number of carbonyl (C=O) groups is 1. The highest BCUT2D eigenvalue weighted by atomic mass is 16.6. The van der Waals surface area contributed by atoms with Crippen molar-refractivity contribution in [3.63, 3.8) is 0 Å². The first-order chi connectivity index (χ1) is 15.1. The van der Waals surface area contributed by atoms with Crippen LogP contribution in [0.3, 0.4) is 0 Å². The van der Waals surface area contributed by atoms with Gasteiger partial charge in [-0.15, -0.1) is 0 Å². The number of carbonyl (C=O) groups excluding carboxylic acids is 1. The van der Waals surface area contributed by atoms with Crippen LogP contribution in [0.5, 0.6) is 11.5 Å². The van der Waals surface area contributed by atoms with Gasteiger partial charge in [-0.25, -0.2) is 4.98 Å². The molecule has 160 valence electrons. The summed E-state index contributed by atoms with van der Waals surface area (Å²) in [6, 6.07) is 11.4. The minimum absolute atomic E-state index is 0.00156. The van der Waals surface area contributed by atoms with Crippen LogP contribution in [-0.4, -0.2) is 40.1 Å². The molecule has 1 aromatic heterocycles. The normalized spacial score (nSPS) is 17.9. The molecule has 0 bridgehead atoms. The number of rotatable bonds is 3. The summed E-state index contributed by atoms with van der Waals surface area (Å²) in [5.41, 5.74) is 3.41. The number of nitrogens with zero attached hydrogens (tertiary/aromatic N) is 3. The molecular weight excluding hydrogens is 394 g/mol. The van der Waals surface area contributed by atoms with Gasteiger partial charge in [-0.3, -0.25) is 9.59 Å². The van der Waals surface area contributed by atoms with E-state index < -0.39 is 0 Å². The maximum atomic E-state index is 13.4. The van der Waals surface area contributed by atoms with Crippen LogP contribution in [0, 0.1) is 6.92 Å². The molecule has 0 radical (unpaired) electrons. The number of hydrogen-bond donors (Lipinski definition) is 0. The quantitative estimate of drug-likeness (QED) is 0.650. The SMILES string of the molecule is CCn1c(=O)c(C)nc2cc(C(=O)N3CCC[C@@H]3c3ccc4c(c3)OCCO4)ccc21. The van der Waals surface area contributed by atoms with Gasteiger partial charge in [0.1, 0.15) is 18.9 Å². The molecule has 5 rings (SSSR count). The molecule has 31 heavy (non-hydrogen) atoms. The number of likely N-dealkylation sites (tertiary alicyclic amines) is 1. The number of fused-ring (bicyclic) bond motifs is 2. The van der Waals surface area contributed by atoms with E-state index in [-0.39, 0.29) is 17.5 Å². The number of aryl methyl sites for hydroxylation is 2. The zero-order valence-electron chi connectivity index (χ0n) is 17.8. The van der Waals surface area contributed by atoms with Crippen molar-refractivity contribution < 1.29 is 14.3 Å². The summed E-state index contributed by atoms with van der Waals surface area (Å²) in [7, 11) is 0. The van der Waals surface area contributed by atoms with Crippen molar-refractivity contribution in [2.45, 2.75) is 39.3 Å². The van der Waals surface area contributed by atoms with E-state index >= 15 is 0 Å². The fourth-order valence-electron chi connectivity index (χ4n) is 4.61. The van der Waals surface area contributed by atoms with Gasteiger partial charge in [0.2, 0.25) is 0 Å². The van der Waals surface area contributed by atoms with Crippen molar-refractivity contribution in [1.82, 2.24) is 14.5 Å². The Morgan fingerprint density at radius 2 is 1.94 bits per heavy atom. The standard InChI is InChI=1S/C24H25N3O4/c1-3-26-20-8-6-17(13-18(20)25-15(2)23(26)28)24(29)27-10-4-5-19(27)16-7-9-21-22(14-16)31-12-11-30-21/h6-9,13-14,19H,3-5,10-12H2,1-2H3/t19-/m1/s1. The molecule has 0 spiro atoms. The molecule has 0 saturated carbocycles. The highest BCUT2D eigenvalue weighted by Crippen LogP contribution is 2.38. The monoisotopic (exact) mass is 419 g/mol. The van der Waals surface area contributed by atoms with Gasteiger partial charge >= 0.3 is 0 Å². The van der Waals surface area contributed by atoms with Crippen molar-refractivity contribution in [1.29, 1.82) is 0 Å². The van der Waals surface area contributed by atoms with Gasteiger partial charge in [0, 0.05) is 18.7 Å². The molecule has 0 unspecified atom stereocenters. The molecule has 0 aliphatic carbocycles. The van der Waals surface area contributed by atoms with E-state index in [9.17, 15) is 9.59 Å². The van der Waals surface area contributed by atoms with Crippen LogP contribution in [0.4, 0.5) is 0 Å². The van der Waals surface area contributed by atoms with E-state index in [2.05, 4.69) is 4.98 Å². The summed E-state index contributed by atoms with van der Waals surface area (Å²) >= 11 is 0. The lowest BCUT2D eigenvalue weighted by atomic mass is 10.0. The molecule has 7 nitrogen and oxygen atoms in total. The minimum Gasteiger partial charge on any atom is -0.486 e. The van der Waals surface area contributed by atoms with Crippen LogP contribution in [0.15, 0.2) is 41.2 Å². The van der Waals surface area contributed by atoms with E-state index in [4.69, 9.17) is 9.47 Å². The fourth-order valence-corrected chi connectivity index (χ4v) is 4.61. The maximum Gasteiger partial charge on any atom is 0.272 e. The Morgan fingerprint density at radius 1 is 1.13 bits per heavy atom. The molecule has 7 heteroatoms. The number of hydrogen-bond acceptors (Lipinski definition) is 5. The maximum absolute atomic E-state index is 13.4. The van der Waals surface area contributed by atoms with Crippen molar-refractivity contribution in [2.24, 2.45) is 0 Å². The second kappa shape index (κ2) is 7.72. The third-order valence-electron chi connectivity index (χ3n) is 6.14. The van der Waals surface area contributed by atoms with Gasteiger partial charge in [0.25, 0.3) is 11.5 Å². The van der Waals surface area contributed by atoms with Crippen LogP contribution in [0.2, 0.25) is 0 Å². The summed E-state index contributed by atoms with van der Waals surface area (Å²) in [6.45, 7) is 6.00. The topological polar surface area (TPSA) is 73.7 Å². The lowest BCUT2D eigenvalue weighted by Gasteiger charge is -2.27. The molecule has 0 N–H and O–H groups in total. The Morgan fingerprint density at radius 3 is 2.74 bits per heavy atom. The summed E-state index contributed by atoms with van der Waals surface area (Å²) < 4.78 is 13.1. The molecule has 2 aliphatic rings. The van der Waals surface area contributed by atoms with Gasteiger partial charge in [-0.1, -0.05) is 6.07 Å². The summed E-state index contributed by atoms with van der Waals surface area (Å²) in [4.78, 5) is 32.2. The second-order valence-corrected chi connectivity index (χ2v) is 8.01. The predicted molar refractivity (Wildman–Crippen MR) is 117 cm³/mol. The Labute approximate surface area is 180 Å². The molecule has 1 atom stereocenters. The number of benzene rings is 2. The van der Waals surface area contributed by atoms with Gasteiger partial charge in [-0.2, -0.15) is 0 Å². The average molecular weight is 419 g/mol. The molecule has 3 heterocycles. The third-order valence-corrected chi connectivity index (χ3v) is 6.14. The largest absolute Gasteiger partial charge is 0.486 e. The van der Waals surface area contributed by atoms with E-state index in [0.717, 1.165) is 35.4 Å². The van der Waals surface area contributed by atoms with Gasteiger partial charge in [0.15, 0.2) is 11.5 Å². The minimum atomic E-state index is -0.0905. The van der Waals surface area contributed by atoms with Crippen molar-refractivity contribution in [3.05, 3.63) is 63.6 Å². The summed E-state index contributed by atoms with van der Waals surface area (Å²) in [5.74, 6) is 1.47. The van der Waals surface area contributed by atoms with Crippen LogP contribution >= 0.6 is 0 Å². The highest BCUT2D eigenvalue weighted by Gasteiger charge is 2.31. The summed E-state index contributed by atoms with van der Waals surface area (Å²) in [5, 5.41) is 0. The molecule has 3 aromatic rings. The lowest BCUT2D eigenvalue weighted by molar-refractivity contribution is 0.0735. The van der Waals surface area contributed by atoms with E-state index in [1.165, 1.54) is 0 Å². The number of amides is 1. The molecule has 2 aliphatic heterocycles.